The Labute approximate surface area is 186 Å². The summed E-state index contributed by atoms with van der Waals surface area (Å²) in [5.41, 5.74) is 2.60. The molecule has 4 rings (SSSR count). The summed E-state index contributed by atoms with van der Waals surface area (Å²) in [5, 5.41) is 3.08. The van der Waals surface area contributed by atoms with E-state index in [9.17, 15) is 4.79 Å². The van der Waals surface area contributed by atoms with E-state index >= 15 is 0 Å². The van der Waals surface area contributed by atoms with Crippen molar-refractivity contribution in [3.8, 4) is 11.1 Å². The Hall–Kier alpha value is -2.47. The number of nitrogens with zero attached hydrogens (tertiary/aromatic N) is 4. The van der Waals surface area contributed by atoms with Gasteiger partial charge >= 0.3 is 0 Å². The highest BCUT2D eigenvalue weighted by Gasteiger charge is 2.17. The zero-order chi connectivity index (χ0) is 21.5. The highest BCUT2D eigenvalue weighted by Crippen LogP contribution is 2.22. The second kappa shape index (κ2) is 10.7. The van der Waals surface area contributed by atoms with Crippen molar-refractivity contribution in [2.24, 2.45) is 0 Å². The minimum atomic E-state index is -0.0144. The number of benzene rings is 1. The third kappa shape index (κ3) is 5.82. The Kier molecular flexibility index (Phi) is 7.52. The molecule has 2 aromatic rings. The number of rotatable bonds is 7. The fraction of sp³-hybridized carbons (Fsp3) is 0.560. The molecule has 2 saturated heterocycles. The van der Waals surface area contributed by atoms with Gasteiger partial charge in [0, 0.05) is 55.7 Å². The lowest BCUT2D eigenvalue weighted by Gasteiger charge is -2.33. The monoisotopic (exact) mass is 421 g/mol. The number of aromatic nitrogens is 2. The van der Waals surface area contributed by atoms with Crippen LogP contribution in [-0.4, -0.2) is 59.5 Å². The van der Waals surface area contributed by atoms with E-state index in [2.05, 4.69) is 32.0 Å². The van der Waals surface area contributed by atoms with Crippen LogP contribution in [-0.2, 0) is 0 Å². The largest absolute Gasteiger partial charge is 0.352 e. The van der Waals surface area contributed by atoms with Gasteiger partial charge in [-0.15, -0.1) is 0 Å². The smallest absolute Gasteiger partial charge is 0.251 e. The van der Waals surface area contributed by atoms with Crippen LogP contribution in [0.2, 0.25) is 0 Å². The van der Waals surface area contributed by atoms with E-state index < -0.39 is 0 Å². The maximum atomic E-state index is 12.6. The Morgan fingerprint density at radius 1 is 1.03 bits per heavy atom. The van der Waals surface area contributed by atoms with Crippen molar-refractivity contribution in [3.05, 3.63) is 42.2 Å². The van der Waals surface area contributed by atoms with E-state index in [0.717, 1.165) is 43.1 Å². The van der Waals surface area contributed by atoms with Crippen molar-refractivity contribution < 1.29 is 4.79 Å². The molecule has 1 atom stereocenters. The first-order valence-electron chi connectivity index (χ1n) is 11.9. The molecule has 3 heterocycles. The molecule has 0 radical (unpaired) electrons. The molecule has 1 amide bonds. The Morgan fingerprint density at radius 3 is 2.58 bits per heavy atom. The predicted molar refractivity (Wildman–Crippen MR) is 125 cm³/mol. The maximum Gasteiger partial charge on any atom is 0.251 e. The number of amides is 1. The van der Waals surface area contributed by atoms with Crippen LogP contribution in [0.1, 0.15) is 62.2 Å². The summed E-state index contributed by atoms with van der Waals surface area (Å²) in [4.78, 5) is 26.6. The van der Waals surface area contributed by atoms with Gasteiger partial charge in [-0.3, -0.25) is 4.79 Å². The summed E-state index contributed by atoms with van der Waals surface area (Å²) in [6.45, 7) is 7.33. The van der Waals surface area contributed by atoms with Gasteiger partial charge in [-0.2, -0.15) is 0 Å². The molecule has 31 heavy (non-hydrogen) atoms. The number of carbonyl (C=O) groups excluding carboxylic acids is 1. The van der Waals surface area contributed by atoms with E-state index in [1.165, 1.54) is 45.1 Å². The van der Waals surface area contributed by atoms with Crippen molar-refractivity contribution in [1.29, 1.82) is 0 Å². The molecule has 6 heteroatoms. The first kappa shape index (κ1) is 21.8. The lowest BCUT2D eigenvalue weighted by molar-refractivity contribution is 0.0949. The number of likely N-dealkylation sites (tertiary alicyclic amines) is 1. The molecule has 0 spiro atoms. The number of nitrogens with one attached hydrogen (secondary N) is 1. The van der Waals surface area contributed by atoms with Crippen molar-refractivity contribution in [3.63, 3.8) is 0 Å². The Balaban J connectivity index is 1.30. The van der Waals surface area contributed by atoms with Crippen LogP contribution in [0.5, 0.6) is 0 Å². The van der Waals surface area contributed by atoms with Crippen LogP contribution in [0, 0.1) is 0 Å². The Bertz CT molecular complexity index is 847. The lowest BCUT2D eigenvalue weighted by atomic mass is 10.0. The van der Waals surface area contributed by atoms with Crippen LogP contribution in [0.3, 0.4) is 0 Å². The van der Waals surface area contributed by atoms with Gasteiger partial charge in [0.05, 0.1) is 0 Å². The van der Waals surface area contributed by atoms with Crippen LogP contribution in [0.15, 0.2) is 36.7 Å². The normalized spacial score (nSPS) is 19.9. The number of hydrogen-bond donors (Lipinski definition) is 1. The van der Waals surface area contributed by atoms with E-state index in [-0.39, 0.29) is 5.91 Å². The Morgan fingerprint density at radius 2 is 1.81 bits per heavy atom. The van der Waals surface area contributed by atoms with Gasteiger partial charge in [-0.05, 0) is 69.7 Å². The molecule has 166 valence electrons. The quantitative estimate of drug-likeness (QED) is 0.681. The number of anilines is 1. The molecule has 1 unspecified atom stereocenters. The fourth-order valence-electron chi connectivity index (χ4n) is 4.64. The zero-order valence-electron chi connectivity index (χ0n) is 18.7. The summed E-state index contributed by atoms with van der Waals surface area (Å²) in [6.07, 6.45) is 12.4. The number of hydrogen-bond acceptors (Lipinski definition) is 5. The average molecular weight is 422 g/mol. The van der Waals surface area contributed by atoms with Crippen molar-refractivity contribution in [1.82, 2.24) is 20.2 Å². The summed E-state index contributed by atoms with van der Waals surface area (Å²) >= 11 is 0. The molecular weight excluding hydrogens is 386 g/mol. The highest BCUT2D eigenvalue weighted by atomic mass is 16.1. The molecule has 0 aliphatic carbocycles. The molecule has 2 aliphatic heterocycles. The maximum absolute atomic E-state index is 12.6. The van der Waals surface area contributed by atoms with Crippen molar-refractivity contribution in [2.45, 2.75) is 57.9 Å². The average Bonchev–Trinajstić information content (AvgIpc) is 2.83. The van der Waals surface area contributed by atoms with Gasteiger partial charge in [-0.1, -0.05) is 18.6 Å². The summed E-state index contributed by atoms with van der Waals surface area (Å²) < 4.78 is 0. The van der Waals surface area contributed by atoms with Gasteiger partial charge < -0.3 is 15.1 Å². The second-order valence-corrected chi connectivity index (χ2v) is 8.89. The van der Waals surface area contributed by atoms with E-state index in [0.29, 0.717) is 18.2 Å². The predicted octanol–water partition coefficient (Wildman–Crippen LogP) is 4.13. The van der Waals surface area contributed by atoms with Gasteiger partial charge in [-0.25, -0.2) is 9.97 Å². The van der Waals surface area contributed by atoms with Gasteiger partial charge in [0.2, 0.25) is 5.95 Å². The molecule has 1 aromatic carbocycles. The molecule has 6 nitrogen and oxygen atoms in total. The molecule has 0 bridgehead atoms. The first-order valence-corrected chi connectivity index (χ1v) is 11.9. The van der Waals surface area contributed by atoms with Gasteiger partial charge in [0.15, 0.2) is 0 Å². The highest BCUT2D eigenvalue weighted by molar-refractivity contribution is 5.95. The molecule has 2 aliphatic rings. The van der Waals surface area contributed by atoms with Crippen LogP contribution in [0.25, 0.3) is 11.1 Å². The van der Waals surface area contributed by atoms with Crippen LogP contribution in [0.4, 0.5) is 5.95 Å². The summed E-state index contributed by atoms with van der Waals surface area (Å²) in [6, 6.07) is 8.41. The SMILES string of the molecule is CC1CCCCN1CCCNC(=O)c1cccc(-c2cnc(N3CCCCC3)nc2)c1. The molecule has 1 aromatic heterocycles. The van der Waals surface area contributed by atoms with E-state index in [1.54, 1.807) is 0 Å². The summed E-state index contributed by atoms with van der Waals surface area (Å²) in [5.74, 6) is 0.791. The number of carbonyl (C=O) groups is 1. The van der Waals surface area contributed by atoms with E-state index in [1.807, 2.05) is 36.7 Å². The molecular formula is C25H35N5O. The van der Waals surface area contributed by atoms with Crippen LogP contribution >= 0.6 is 0 Å². The first-order chi connectivity index (χ1) is 15.2. The van der Waals surface area contributed by atoms with Crippen molar-refractivity contribution in [2.75, 3.05) is 37.6 Å². The topological polar surface area (TPSA) is 61.4 Å². The molecule has 2 fully saturated rings. The van der Waals surface area contributed by atoms with Gasteiger partial charge in [0.25, 0.3) is 5.91 Å². The third-order valence-electron chi connectivity index (χ3n) is 6.58. The van der Waals surface area contributed by atoms with Gasteiger partial charge in [0.1, 0.15) is 0 Å². The summed E-state index contributed by atoms with van der Waals surface area (Å²) in [7, 11) is 0. The van der Waals surface area contributed by atoms with Crippen LogP contribution < -0.4 is 10.2 Å². The number of piperidine rings is 2. The molecule has 0 saturated carbocycles. The van der Waals surface area contributed by atoms with Crippen molar-refractivity contribution >= 4 is 11.9 Å². The minimum absolute atomic E-state index is 0.0144. The molecule has 1 N–H and O–H groups in total. The standard InChI is InChI=1S/C25H35N5O/c1-20-9-3-6-13-29(20)16-8-12-26-24(31)22-11-7-10-21(17-22)23-18-27-25(28-19-23)30-14-4-2-5-15-30/h7,10-11,17-20H,2-6,8-9,12-16H2,1H3,(H,26,31). The van der Waals surface area contributed by atoms with E-state index in [4.69, 9.17) is 0 Å². The zero-order valence-corrected chi connectivity index (χ0v) is 18.7. The minimum Gasteiger partial charge on any atom is -0.352 e. The lowest BCUT2D eigenvalue weighted by Crippen LogP contribution is -2.39. The second-order valence-electron chi connectivity index (χ2n) is 8.89. The fourth-order valence-corrected chi connectivity index (χ4v) is 4.64. The third-order valence-corrected chi connectivity index (χ3v) is 6.58.